The van der Waals surface area contributed by atoms with Crippen LogP contribution in [0.3, 0.4) is 0 Å². The van der Waals surface area contributed by atoms with E-state index in [0.29, 0.717) is 11.7 Å². The lowest BCUT2D eigenvalue weighted by atomic mass is 10.1. The number of allylic oxidation sites excluding steroid dienone is 2. The first-order valence-electron chi connectivity index (χ1n) is 6.62. The van der Waals surface area contributed by atoms with Crippen LogP contribution in [0.25, 0.3) is 0 Å². The molecule has 0 saturated carbocycles. The van der Waals surface area contributed by atoms with Crippen molar-refractivity contribution in [2.45, 2.75) is 60.0 Å². The van der Waals surface area contributed by atoms with Gasteiger partial charge < -0.3 is 9.64 Å². The van der Waals surface area contributed by atoms with E-state index < -0.39 is 0 Å². The van der Waals surface area contributed by atoms with Gasteiger partial charge in [-0.25, -0.2) is 4.79 Å². The second-order valence-electron chi connectivity index (χ2n) is 5.40. The zero-order chi connectivity index (χ0) is 14.3. The van der Waals surface area contributed by atoms with Crippen LogP contribution in [0.1, 0.15) is 48.0 Å². The molecule has 0 N–H and O–H groups in total. The van der Waals surface area contributed by atoms with Crippen molar-refractivity contribution in [1.82, 2.24) is 4.90 Å². The highest BCUT2D eigenvalue weighted by atomic mass is 16.6. The number of rotatable bonds is 6. The normalized spacial score (nSPS) is 12.2. The van der Waals surface area contributed by atoms with Gasteiger partial charge in [0.15, 0.2) is 0 Å². The molecule has 0 aromatic heterocycles. The van der Waals surface area contributed by atoms with Gasteiger partial charge in [-0.05, 0) is 52.2 Å². The number of nitrogens with zero attached hydrogens (tertiary/aromatic N) is 1. The van der Waals surface area contributed by atoms with Crippen molar-refractivity contribution < 1.29 is 9.53 Å². The van der Waals surface area contributed by atoms with Crippen LogP contribution in [-0.4, -0.2) is 23.1 Å². The Kier molecular flexibility index (Phi) is 7.41. The average Bonchev–Trinajstić information content (AvgIpc) is 2.22. The summed E-state index contributed by atoms with van der Waals surface area (Å²) in [6, 6.07) is 0.238. The van der Waals surface area contributed by atoms with Crippen LogP contribution in [0.15, 0.2) is 24.5 Å². The summed E-state index contributed by atoms with van der Waals surface area (Å²) in [5.74, 6) is 1.07. The maximum absolute atomic E-state index is 12.1. The van der Waals surface area contributed by atoms with Crippen molar-refractivity contribution in [3.8, 4) is 0 Å². The van der Waals surface area contributed by atoms with Gasteiger partial charge in [-0.15, -0.1) is 0 Å². The maximum atomic E-state index is 12.1. The molecule has 0 aromatic carbocycles. The summed E-state index contributed by atoms with van der Waals surface area (Å²) >= 11 is 0. The fourth-order valence-corrected chi connectivity index (χ4v) is 1.69. The van der Waals surface area contributed by atoms with Crippen molar-refractivity contribution in [1.29, 1.82) is 0 Å². The van der Waals surface area contributed by atoms with Gasteiger partial charge in [-0.3, -0.25) is 0 Å². The highest BCUT2D eigenvalue weighted by molar-refractivity contribution is 5.70. The molecule has 0 atom stereocenters. The standard InChI is InChI=1S/C15H27NO2/c1-8-14(10-9-11(2)3)18-15(17)16(12(4)5)13(6)7/h8,10-13H,1,9H2,2-7H3/b14-10+. The van der Waals surface area contributed by atoms with Crippen LogP contribution in [0.2, 0.25) is 0 Å². The highest BCUT2D eigenvalue weighted by Crippen LogP contribution is 2.12. The van der Waals surface area contributed by atoms with Crippen LogP contribution in [0, 0.1) is 5.92 Å². The Morgan fingerprint density at radius 2 is 1.67 bits per heavy atom. The van der Waals surface area contributed by atoms with Gasteiger partial charge in [0.1, 0.15) is 5.76 Å². The van der Waals surface area contributed by atoms with E-state index in [1.54, 1.807) is 11.0 Å². The van der Waals surface area contributed by atoms with Crippen molar-refractivity contribution in [2.24, 2.45) is 5.92 Å². The molecule has 0 rings (SSSR count). The number of carbonyl (C=O) groups is 1. The third-order valence-corrected chi connectivity index (χ3v) is 2.52. The lowest BCUT2D eigenvalue weighted by molar-refractivity contribution is 0.104. The average molecular weight is 253 g/mol. The van der Waals surface area contributed by atoms with E-state index in [9.17, 15) is 4.79 Å². The Labute approximate surface area is 112 Å². The van der Waals surface area contributed by atoms with Crippen LogP contribution >= 0.6 is 0 Å². The lowest BCUT2D eigenvalue weighted by Crippen LogP contribution is -2.42. The topological polar surface area (TPSA) is 29.5 Å². The molecular formula is C15H27NO2. The van der Waals surface area contributed by atoms with E-state index >= 15 is 0 Å². The number of hydrogen-bond acceptors (Lipinski definition) is 2. The molecule has 0 unspecified atom stereocenters. The molecule has 0 spiro atoms. The van der Waals surface area contributed by atoms with Crippen molar-refractivity contribution in [3.63, 3.8) is 0 Å². The summed E-state index contributed by atoms with van der Waals surface area (Å²) in [5.41, 5.74) is 0. The largest absolute Gasteiger partial charge is 0.415 e. The van der Waals surface area contributed by atoms with Crippen molar-refractivity contribution >= 4 is 6.09 Å². The van der Waals surface area contributed by atoms with E-state index in [2.05, 4.69) is 20.4 Å². The van der Waals surface area contributed by atoms with Crippen LogP contribution in [0.5, 0.6) is 0 Å². The SMILES string of the molecule is C=C/C(=C\CC(C)C)OC(=O)N(C(C)C)C(C)C. The fraction of sp³-hybridized carbons (Fsp3) is 0.667. The molecule has 104 valence electrons. The number of carbonyl (C=O) groups excluding carboxylic acids is 1. The summed E-state index contributed by atoms with van der Waals surface area (Å²) in [7, 11) is 0. The van der Waals surface area contributed by atoms with E-state index in [4.69, 9.17) is 4.74 Å². The van der Waals surface area contributed by atoms with Crippen molar-refractivity contribution in [2.75, 3.05) is 0 Å². The molecule has 18 heavy (non-hydrogen) atoms. The number of ether oxygens (including phenoxy) is 1. The molecule has 0 aliphatic carbocycles. The first kappa shape index (κ1) is 16.8. The second-order valence-corrected chi connectivity index (χ2v) is 5.40. The van der Waals surface area contributed by atoms with Crippen molar-refractivity contribution in [3.05, 3.63) is 24.5 Å². The Balaban J connectivity index is 4.69. The van der Waals surface area contributed by atoms with Gasteiger partial charge in [0.05, 0.1) is 0 Å². The van der Waals surface area contributed by atoms with E-state index in [0.717, 1.165) is 6.42 Å². The molecule has 0 heterocycles. The molecule has 0 aliphatic heterocycles. The van der Waals surface area contributed by atoms with Gasteiger partial charge in [0, 0.05) is 12.1 Å². The Bertz CT molecular complexity index is 296. The Morgan fingerprint density at radius 3 is 2.00 bits per heavy atom. The second kappa shape index (κ2) is 7.96. The van der Waals surface area contributed by atoms with Crippen LogP contribution in [-0.2, 0) is 4.74 Å². The third-order valence-electron chi connectivity index (χ3n) is 2.52. The Morgan fingerprint density at radius 1 is 1.17 bits per heavy atom. The quantitative estimate of drug-likeness (QED) is 0.520. The summed E-state index contributed by atoms with van der Waals surface area (Å²) in [6.07, 6.45) is 4.06. The van der Waals surface area contributed by atoms with E-state index in [1.807, 2.05) is 33.8 Å². The van der Waals surface area contributed by atoms with Gasteiger partial charge in [-0.2, -0.15) is 0 Å². The van der Waals surface area contributed by atoms with Crippen LogP contribution < -0.4 is 0 Å². The number of hydrogen-bond donors (Lipinski definition) is 0. The Hall–Kier alpha value is -1.25. The first-order valence-corrected chi connectivity index (χ1v) is 6.62. The smallest absolute Gasteiger partial charge is 0.411 e. The predicted molar refractivity (Wildman–Crippen MR) is 76.3 cm³/mol. The fourth-order valence-electron chi connectivity index (χ4n) is 1.69. The molecule has 1 amide bonds. The molecule has 3 heteroatoms. The monoisotopic (exact) mass is 253 g/mol. The van der Waals surface area contributed by atoms with Gasteiger partial charge in [0.2, 0.25) is 0 Å². The van der Waals surface area contributed by atoms with Gasteiger partial charge in [0.25, 0.3) is 0 Å². The third kappa shape index (κ3) is 5.89. The van der Waals surface area contributed by atoms with E-state index in [1.165, 1.54) is 0 Å². The molecule has 3 nitrogen and oxygen atoms in total. The zero-order valence-corrected chi connectivity index (χ0v) is 12.6. The summed E-state index contributed by atoms with van der Waals surface area (Å²) in [5, 5.41) is 0. The lowest BCUT2D eigenvalue weighted by Gasteiger charge is -2.29. The molecule has 0 aromatic rings. The minimum absolute atomic E-state index is 0.119. The summed E-state index contributed by atoms with van der Waals surface area (Å²) < 4.78 is 5.36. The van der Waals surface area contributed by atoms with E-state index in [-0.39, 0.29) is 18.2 Å². The minimum atomic E-state index is -0.310. The predicted octanol–water partition coefficient (Wildman–Crippen LogP) is 4.36. The molecule has 0 fully saturated rings. The number of amides is 1. The highest BCUT2D eigenvalue weighted by Gasteiger charge is 2.22. The summed E-state index contributed by atoms with van der Waals surface area (Å²) in [6.45, 7) is 15.8. The first-order chi connectivity index (χ1) is 8.29. The zero-order valence-electron chi connectivity index (χ0n) is 12.6. The van der Waals surface area contributed by atoms with Gasteiger partial charge >= 0.3 is 6.09 Å². The molecule has 0 radical (unpaired) electrons. The summed E-state index contributed by atoms with van der Waals surface area (Å²) in [4.78, 5) is 13.8. The van der Waals surface area contributed by atoms with Gasteiger partial charge in [-0.1, -0.05) is 20.4 Å². The molecular weight excluding hydrogens is 226 g/mol. The maximum Gasteiger partial charge on any atom is 0.415 e. The molecule has 0 saturated heterocycles. The van der Waals surface area contributed by atoms with Crippen LogP contribution in [0.4, 0.5) is 4.79 Å². The molecule has 0 bridgehead atoms. The minimum Gasteiger partial charge on any atom is -0.411 e. The molecule has 0 aliphatic rings.